The van der Waals surface area contributed by atoms with Gasteiger partial charge in [0.2, 0.25) is 0 Å². The van der Waals surface area contributed by atoms with Gasteiger partial charge in [-0.25, -0.2) is 9.97 Å². The first-order chi connectivity index (χ1) is 6.20. The lowest BCUT2D eigenvalue weighted by atomic mass is 10.1. The van der Waals surface area contributed by atoms with Crippen LogP contribution >= 0.6 is 23.4 Å². The van der Waals surface area contributed by atoms with Crippen molar-refractivity contribution in [2.45, 2.75) is 24.9 Å². The van der Waals surface area contributed by atoms with E-state index in [0.717, 1.165) is 29.3 Å². The fraction of sp³-hybridized carbons (Fsp3) is 0.556. The first kappa shape index (κ1) is 9.28. The molecule has 2 nitrogen and oxygen atoms in total. The van der Waals surface area contributed by atoms with E-state index >= 15 is 0 Å². The summed E-state index contributed by atoms with van der Waals surface area (Å²) in [6.07, 6.45) is 4.05. The highest BCUT2D eigenvalue weighted by atomic mass is 35.5. The van der Waals surface area contributed by atoms with E-state index in [0.29, 0.717) is 11.1 Å². The average Bonchev–Trinajstić information content (AvgIpc) is 2.46. The van der Waals surface area contributed by atoms with Gasteiger partial charge in [-0.2, -0.15) is 0 Å². The van der Waals surface area contributed by atoms with E-state index in [1.54, 1.807) is 11.8 Å². The summed E-state index contributed by atoms with van der Waals surface area (Å²) in [7, 11) is 0. The lowest BCUT2D eigenvalue weighted by Gasteiger charge is -2.02. The number of halogens is 1. The molecule has 0 spiro atoms. The van der Waals surface area contributed by atoms with Crippen molar-refractivity contribution in [2.75, 3.05) is 6.26 Å². The molecule has 4 heteroatoms. The van der Waals surface area contributed by atoms with Gasteiger partial charge in [0, 0.05) is 11.3 Å². The predicted octanol–water partition coefficient (Wildman–Crippen LogP) is 2.59. The van der Waals surface area contributed by atoms with Gasteiger partial charge in [-0.1, -0.05) is 30.3 Å². The average molecular weight is 215 g/mol. The molecule has 0 saturated carbocycles. The maximum absolute atomic E-state index is 6.05. The summed E-state index contributed by atoms with van der Waals surface area (Å²) in [6.45, 7) is 2.22. The molecule has 1 aromatic rings. The van der Waals surface area contributed by atoms with E-state index in [1.807, 2.05) is 6.26 Å². The molecule has 1 atom stereocenters. The van der Waals surface area contributed by atoms with Crippen molar-refractivity contribution in [3.05, 3.63) is 16.4 Å². The van der Waals surface area contributed by atoms with Crippen molar-refractivity contribution in [2.24, 2.45) is 5.92 Å². The highest BCUT2D eigenvalue weighted by Crippen LogP contribution is 2.30. The van der Waals surface area contributed by atoms with Crippen LogP contribution in [0.25, 0.3) is 0 Å². The van der Waals surface area contributed by atoms with Gasteiger partial charge >= 0.3 is 0 Å². The molecule has 1 aliphatic carbocycles. The van der Waals surface area contributed by atoms with Gasteiger partial charge in [0.05, 0.1) is 0 Å². The third-order valence-electron chi connectivity index (χ3n) is 2.30. The fourth-order valence-corrected chi connectivity index (χ4v) is 2.39. The highest BCUT2D eigenvalue weighted by molar-refractivity contribution is 7.98. The van der Waals surface area contributed by atoms with Crippen LogP contribution in [0.15, 0.2) is 5.16 Å². The van der Waals surface area contributed by atoms with Crippen LogP contribution in [0.1, 0.15) is 18.2 Å². The minimum Gasteiger partial charge on any atom is -0.227 e. The molecule has 0 aliphatic heterocycles. The second kappa shape index (κ2) is 3.46. The molecular formula is C9H11ClN2S. The predicted molar refractivity (Wildman–Crippen MR) is 55.4 cm³/mol. The Kier molecular flexibility index (Phi) is 2.47. The van der Waals surface area contributed by atoms with Gasteiger partial charge in [-0.05, 0) is 25.0 Å². The summed E-state index contributed by atoms with van der Waals surface area (Å²) in [5, 5.41) is 1.44. The molecule has 0 unspecified atom stereocenters. The molecule has 0 amide bonds. The van der Waals surface area contributed by atoms with Crippen LogP contribution in [0, 0.1) is 5.92 Å². The Morgan fingerprint density at radius 3 is 2.85 bits per heavy atom. The lowest BCUT2D eigenvalue weighted by molar-refractivity contribution is 0.623. The van der Waals surface area contributed by atoms with Crippen LogP contribution < -0.4 is 0 Å². The van der Waals surface area contributed by atoms with Gasteiger partial charge in [0.1, 0.15) is 5.15 Å². The molecule has 13 heavy (non-hydrogen) atoms. The maximum atomic E-state index is 6.05. The van der Waals surface area contributed by atoms with E-state index in [2.05, 4.69) is 16.9 Å². The standard InChI is InChI=1S/C9H11ClN2S/c1-5-3-6-7(4-5)11-9(13-2)12-8(6)10/h5H,3-4H2,1-2H3/t5-/m1/s1. The van der Waals surface area contributed by atoms with Gasteiger partial charge in [0.15, 0.2) is 5.16 Å². The van der Waals surface area contributed by atoms with Crippen molar-refractivity contribution < 1.29 is 0 Å². The molecular weight excluding hydrogens is 204 g/mol. The molecule has 1 aromatic heterocycles. The van der Waals surface area contributed by atoms with Crippen LogP contribution in [0.2, 0.25) is 5.15 Å². The lowest BCUT2D eigenvalue weighted by Crippen LogP contribution is -1.95. The summed E-state index contributed by atoms with van der Waals surface area (Å²) in [5.74, 6) is 0.666. The van der Waals surface area contributed by atoms with Crippen LogP contribution in [0.4, 0.5) is 0 Å². The number of hydrogen-bond acceptors (Lipinski definition) is 3. The Balaban J connectivity index is 2.46. The molecule has 2 rings (SSSR count). The zero-order valence-electron chi connectivity index (χ0n) is 7.67. The summed E-state index contributed by atoms with van der Waals surface area (Å²) >= 11 is 7.60. The third kappa shape index (κ3) is 1.67. The second-order valence-corrected chi connectivity index (χ2v) is 4.57. The topological polar surface area (TPSA) is 25.8 Å². The van der Waals surface area contributed by atoms with Gasteiger partial charge in [0.25, 0.3) is 0 Å². The number of hydrogen-bond donors (Lipinski definition) is 0. The summed E-state index contributed by atoms with van der Waals surface area (Å²) in [4.78, 5) is 8.67. The Morgan fingerprint density at radius 2 is 2.15 bits per heavy atom. The Bertz CT molecular complexity index is 341. The Labute approximate surface area is 87.1 Å². The molecule has 1 heterocycles. The Morgan fingerprint density at radius 1 is 1.38 bits per heavy atom. The highest BCUT2D eigenvalue weighted by Gasteiger charge is 2.23. The van der Waals surface area contributed by atoms with E-state index in [1.165, 1.54) is 0 Å². The number of aromatic nitrogens is 2. The first-order valence-corrected chi connectivity index (χ1v) is 5.90. The minimum atomic E-state index is 0.652. The van der Waals surface area contributed by atoms with Gasteiger partial charge < -0.3 is 0 Å². The van der Waals surface area contributed by atoms with Crippen molar-refractivity contribution >= 4 is 23.4 Å². The van der Waals surface area contributed by atoms with Crippen molar-refractivity contribution in [1.29, 1.82) is 0 Å². The molecule has 0 N–H and O–H groups in total. The Hall–Kier alpha value is -0.280. The second-order valence-electron chi connectivity index (χ2n) is 3.44. The molecule has 1 aliphatic rings. The van der Waals surface area contributed by atoms with Crippen LogP contribution in [0.5, 0.6) is 0 Å². The zero-order valence-corrected chi connectivity index (χ0v) is 9.24. The number of fused-ring (bicyclic) bond motifs is 1. The van der Waals surface area contributed by atoms with E-state index in [4.69, 9.17) is 11.6 Å². The van der Waals surface area contributed by atoms with Crippen molar-refractivity contribution in [3.8, 4) is 0 Å². The minimum absolute atomic E-state index is 0.652. The SMILES string of the molecule is CSc1nc(Cl)c2c(n1)C[C@H](C)C2. The number of nitrogens with zero attached hydrogens (tertiary/aromatic N) is 2. The summed E-state index contributed by atoms with van der Waals surface area (Å²) < 4.78 is 0. The van der Waals surface area contributed by atoms with Gasteiger partial charge in [-0.3, -0.25) is 0 Å². The zero-order chi connectivity index (χ0) is 9.42. The molecule has 0 aromatic carbocycles. The summed E-state index contributed by atoms with van der Waals surface area (Å²) in [6, 6.07) is 0. The van der Waals surface area contributed by atoms with Crippen molar-refractivity contribution in [3.63, 3.8) is 0 Å². The molecule has 0 radical (unpaired) electrons. The smallest absolute Gasteiger partial charge is 0.188 e. The van der Waals surface area contributed by atoms with E-state index < -0.39 is 0 Å². The first-order valence-electron chi connectivity index (χ1n) is 4.30. The number of thioether (sulfide) groups is 1. The molecule has 0 fully saturated rings. The summed E-state index contributed by atoms with van der Waals surface area (Å²) in [5.41, 5.74) is 2.31. The normalized spacial score (nSPS) is 20.4. The van der Waals surface area contributed by atoms with Crippen molar-refractivity contribution in [1.82, 2.24) is 9.97 Å². The van der Waals surface area contributed by atoms with Crippen LogP contribution in [0.3, 0.4) is 0 Å². The number of rotatable bonds is 1. The van der Waals surface area contributed by atoms with Crippen LogP contribution in [-0.2, 0) is 12.8 Å². The third-order valence-corrected chi connectivity index (χ3v) is 3.16. The quantitative estimate of drug-likeness (QED) is 0.408. The van der Waals surface area contributed by atoms with Gasteiger partial charge in [-0.15, -0.1) is 0 Å². The fourth-order valence-electron chi connectivity index (χ4n) is 1.69. The monoisotopic (exact) mass is 214 g/mol. The molecule has 70 valence electrons. The van der Waals surface area contributed by atoms with E-state index in [-0.39, 0.29) is 0 Å². The largest absolute Gasteiger partial charge is 0.227 e. The molecule has 0 saturated heterocycles. The van der Waals surface area contributed by atoms with E-state index in [9.17, 15) is 0 Å². The van der Waals surface area contributed by atoms with Crippen LogP contribution in [-0.4, -0.2) is 16.2 Å². The maximum Gasteiger partial charge on any atom is 0.188 e. The molecule has 0 bridgehead atoms.